The van der Waals surface area contributed by atoms with Gasteiger partial charge in [0.15, 0.2) is 11.5 Å². The molecule has 3 aromatic rings. The summed E-state index contributed by atoms with van der Waals surface area (Å²) in [5.41, 5.74) is 3.93. The Kier molecular flexibility index (Phi) is 5.84. The molecule has 1 aliphatic rings. The summed E-state index contributed by atoms with van der Waals surface area (Å²) in [6.07, 6.45) is 0. The van der Waals surface area contributed by atoms with Gasteiger partial charge in [-0.25, -0.2) is 9.78 Å². The first-order valence-corrected chi connectivity index (χ1v) is 10.6. The normalized spacial score (nSPS) is 15.4. The summed E-state index contributed by atoms with van der Waals surface area (Å²) in [6, 6.07) is 13.3. The summed E-state index contributed by atoms with van der Waals surface area (Å²) < 4.78 is 19.0. The Labute approximate surface area is 181 Å². The molecule has 2 aromatic carbocycles. The third-order valence-electron chi connectivity index (χ3n) is 5.21. The number of benzene rings is 2. The fraction of sp³-hybridized carbons (Fsp3) is 0.333. The molecular weight excluding hydrogens is 394 g/mol. The highest BCUT2D eigenvalue weighted by Gasteiger charge is 2.35. The van der Waals surface area contributed by atoms with E-state index in [9.17, 15) is 4.79 Å². The monoisotopic (exact) mass is 421 g/mol. The summed E-state index contributed by atoms with van der Waals surface area (Å²) in [5.74, 6) is 1.65. The van der Waals surface area contributed by atoms with Gasteiger partial charge in [0.05, 0.1) is 42.5 Å². The van der Waals surface area contributed by atoms with Crippen LogP contribution in [0.5, 0.6) is 11.5 Å². The number of nitrogens with one attached hydrogen (secondary N) is 1. The number of para-hydroxylation sites is 2. The van der Waals surface area contributed by atoms with Crippen LogP contribution in [0, 0.1) is 0 Å². The van der Waals surface area contributed by atoms with Crippen molar-refractivity contribution in [2.24, 2.45) is 0 Å². The summed E-state index contributed by atoms with van der Waals surface area (Å²) in [4.78, 5) is 17.8. The average Bonchev–Trinajstić information content (AvgIpc) is 3.12. The minimum absolute atomic E-state index is 0.299. The van der Waals surface area contributed by atoms with Gasteiger partial charge < -0.3 is 19.5 Å². The van der Waals surface area contributed by atoms with Crippen LogP contribution in [0.2, 0.25) is 0 Å². The van der Waals surface area contributed by atoms with Crippen LogP contribution in [0.3, 0.4) is 0 Å². The minimum atomic E-state index is -0.419. The van der Waals surface area contributed by atoms with Crippen molar-refractivity contribution in [2.45, 2.75) is 33.7 Å². The molecule has 1 aliphatic heterocycles. The molecule has 4 rings (SSSR count). The van der Waals surface area contributed by atoms with Crippen LogP contribution >= 0.6 is 0 Å². The summed E-state index contributed by atoms with van der Waals surface area (Å²) in [7, 11) is 0. The lowest BCUT2D eigenvalue weighted by atomic mass is 9.94. The standard InChI is InChI=1S/C24H27N3O4/c1-5-29-19-13-12-16(14-20(19)30-6-2)22-21(23(28)31-7-3)15(4)25-24-26-17-10-8-9-11-18(17)27(22)24/h8-14,22H,5-7H2,1-4H3,(H,25,26)/t22-/m1/s1. The van der Waals surface area contributed by atoms with Gasteiger partial charge in [-0.2, -0.15) is 0 Å². The predicted octanol–water partition coefficient (Wildman–Crippen LogP) is 4.69. The molecule has 0 saturated heterocycles. The minimum Gasteiger partial charge on any atom is -0.490 e. The maximum absolute atomic E-state index is 13.0. The van der Waals surface area contributed by atoms with Gasteiger partial charge in [-0.3, -0.25) is 4.57 Å². The number of imidazole rings is 1. The maximum atomic E-state index is 13.0. The summed E-state index contributed by atoms with van der Waals surface area (Å²) >= 11 is 0. The second-order valence-electron chi connectivity index (χ2n) is 7.15. The van der Waals surface area contributed by atoms with Gasteiger partial charge in [-0.05, 0) is 57.5 Å². The zero-order chi connectivity index (χ0) is 22.0. The van der Waals surface area contributed by atoms with E-state index in [1.165, 1.54) is 0 Å². The molecule has 1 aromatic heterocycles. The molecule has 2 heterocycles. The first-order chi connectivity index (χ1) is 15.1. The van der Waals surface area contributed by atoms with Crippen LogP contribution in [0.15, 0.2) is 53.7 Å². The Morgan fingerprint density at radius 3 is 2.52 bits per heavy atom. The molecular formula is C24H27N3O4. The fourth-order valence-electron chi connectivity index (χ4n) is 3.99. The van der Waals surface area contributed by atoms with Crippen molar-refractivity contribution in [3.05, 3.63) is 59.3 Å². The molecule has 1 N–H and O–H groups in total. The number of hydrogen-bond acceptors (Lipinski definition) is 6. The van der Waals surface area contributed by atoms with Crippen molar-refractivity contribution in [2.75, 3.05) is 25.1 Å². The third-order valence-corrected chi connectivity index (χ3v) is 5.21. The smallest absolute Gasteiger partial charge is 0.338 e. The molecule has 0 saturated carbocycles. The van der Waals surface area contributed by atoms with Gasteiger partial charge in [0.1, 0.15) is 0 Å². The van der Waals surface area contributed by atoms with E-state index < -0.39 is 6.04 Å². The lowest BCUT2D eigenvalue weighted by Crippen LogP contribution is -2.29. The Morgan fingerprint density at radius 2 is 1.77 bits per heavy atom. The number of allylic oxidation sites excluding steroid dienone is 1. The van der Waals surface area contributed by atoms with Crippen molar-refractivity contribution < 1.29 is 19.0 Å². The van der Waals surface area contributed by atoms with Crippen LogP contribution in [0.25, 0.3) is 11.0 Å². The number of nitrogens with zero attached hydrogens (tertiary/aromatic N) is 2. The van der Waals surface area contributed by atoms with Crippen LogP contribution in [0.4, 0.5) is 5.95 Å². The van der Waals surface area contributed by atoms with Gasteiger partial charge in [-0.1, -0.05) is 18.2 Å². The van der Waals surface area contributed by atoms with E-state index in [2.05, 4.69) is 5.32 Å². The number of rotatable bonds is 7. The number of carbonyl (C=O) groups is 1. The lowest BCUT2D eigenvalue weighted by molar-refractivity contribution is -0.139. The highest BCUT2D eigenvalue weighted by molar-refractivity contribution is 5.94. The van der Waals surface area contributed by atoms with Gasteiger partial charge in [-0.15, -0.1) is 0 Å². The number of esters is 1. The van der Waals surface area contributed by atoms with E-state index in [4.69, 9.17) is 19.2 Å². The van der Waals surface area contributed by atoms with Crippen molar-refractivity contribution in [1.29, 1.82) is 0 Å². The highest BCUT2D eigenvalue weighted by Crippen LogP contribution is 2.41. The lowest BCUT2D eigenvalue weighted by Gasteiger charge is -2.30. The Morgan fingerprint density at radius 1 is 1.03 bits per heavy atom. The van der Waals surface area contributed by atoms with Crippen LogP contribution in [-0.2, 0) is 9.53 Å². The zero-order valence-corrected chi connectivity index (χ0v) is 18.3. The SMILES string of the molecule is CCOC(=O)C1=C(C)Nc2nc3ccccc3n2[C@@H]1c1ccc(OCC)c(OCC)c1. The van der Waals surface area contributed by atoms with E-state index in [0.29, 0.717) is 42.8 Å². The van der Waals surface area contributed by atoms with Crippen molar-refractivity contribution in [1.82, 2.24) is 9.55 Å². The molecule has 0 amide bonds. The Balaban J connectivity index is 1.94. The van der Waals surface area contributed by atoms with E-state index in [-0.39, 0.29) is 5.97 Å². The first-order valence-electron chi connectivity index (χ1n) is 10.6. The quantitative estimate of drug-likeness (QED) is 0.558. The molecule has 1 atom stereocenters. The number of anilines is 1. The summed E-state index contributed by atoms with van der Waals surface area (Å²) in [6.45, 7) is 8.90. The van der Waals surface area contributed by atoms with Gasteiger partial charge in [0, 0.05) is 5.70 Å². The van der Waals surface area contributed by atoms with E-state index >= 15 is 0 Å². The molecule has 0 bridgehead atoms. The summed E-state index contributed by atoms with van der Waals surface area (Å²) in [5, 5.41) is 3.28. The van der Waals surface area contributed by atoms with E-state index in [1.54, 1.807) is 6.92 Å². The van der Waals surface area contributed by atoms with Gasteiger partial charge in [0.25, 0.3) is 0 Å². The average molecular weight is 421 g/mol. The molecule has 0 fully saturated rings. The molecule has 0 spiro atoms. The second kappa shape index (κ2) is 8.71. The number of ether oxygens (including phenoxy) is 3. The fourth-order valence-corrected chi connectivity index (χ4v) is 3.99. The molecule has 0 radical (unpaired) electrons. The van der Waals surface area contributed by atoms with Gasteiger partial charge >= 0.3 is 5.97 Å². The molecule has 0 aliphatic carbocycles. The highest BCUT2D eigenvalue weighted by atomic mass is 16.5. The molecule has 7 nitrogen and oxygen atoms in total. The topological polar surface area (TPSA) is 74.6 Å². The van der Waals surface area contributed by atoms with Crippen molar-refractivity contribution in [3.63, 3.8) is 0 Å². The zero-order valence-electron chi connectivity index (χ0n) is 18.3. The first kappa shape index (κ1) is 20.8. The number of carbonyl (C=O) groups excluding carboxylic acids is 1. The van der Waals surface area contributed by atoms with Crippen molar-refractivity contribution >= 4 is 23.0 Å². The number of fused-ring (bicyclic) bond motifs is 3. The third kappa shape index (κ3) is 3.71. The second-order valence-corrected chi connectivity index (χ2v) is 7.15. The van der Waals surface area contributed by atoms with E-state index in [1.807, 2.05) is 67.8 Å². The van der Waals surface area contributed by atoms with Crippen LogP contribution in [0.1, 0.15) is 39.3 Å². The largest absolute Gasteiger partial charge is 0.490 e. The Bertz CT molecular complexity index is 1150. The predicted molar refractivity (Wildman–Crippen MR) is 120 cm³/mol. The van der Waals surface area contributed by atoms with Crippen LogP contribution < -0.4 is 14.8 Å². The molecule has 0 unspecified atom stereocenters. The Hall–Kier alpha value is -3.48. The molecule has 31 heavy (non-hydrogen) atoms. The van der Waals surface area contributed by atoms with Crippen LogP contribution in [-0.4, -0.2) is 35.3 Å². The number of hydrogen-bond donors (Lipinski definition) is 1. The van der Waals surface area contributed by atoms with Crippen molar-refractivity contribution in [3.8, 4) is 11.5 Å². The van der Waals surface area contributed by atoms with Gasteiger partial charge in [0.2, 0.25) is 5.95 Å². The maximum Gasteiger partial charge on any atom is 0.338 e. The molecule has 7 heteroatoms. The number of aromatic nitrogens is 2. The van der Waals surface area contributed by atoms with E-state index in [0.717, 1.165) is 22.3 Å². The molecule has 162 valence electrons.